The second kappa shape index (κ2) is 8.48. The Labute approximate surface area is 176 Å². The van der Waals surface area contributed by atoms with Gasteiger partial charge in [-0.2, -0.15) is 26.3 Å². The van der Waals surface area contributed by atoms with Crippen molar-refractivity contribution >= 4 is 34.9 Å². The summed E-state index contributed by atoms with van der Waals surface area (Å²) >= 11 is 11.8. The van der Waals surface area contributed by atoms with Crippen molar-refractivity contribution in [1.82, 2.24) is 10.3 Å². The van der Waals surface area contributed by atoms with Gasteiger partial charge in [0.15, 0.2) is 5.60 Å². The third-order valence-electron chi connectivity index (χ3n) is 3.98. The molecule has 0 aliphatic carbocycles. The van der Waals surface area contributed by atoms with Crippen LogP contribution in [0.25, 0.3) is 0 Å². The Bertz CT molecular complexity index is 908. The number of aromatic nitrogens is 1. The van der Waals surface area contributed by atoms with Crippen molar-refractivity contribution in [2.75, 3.05) is 5.32 Å². The molecule has 2 rings (SSSR count). The number of benzene rings is 1. The zero-order chi connectivity index (χ0) is 22.9. The van der Waals surface area contributed by atoms with Crippen LogP contribution >= 0.6 is 23.2 Å². The van der Waals surface area contributed by atoms with Crippen LogP contribution < -0.4 is 10.6 Å². The maximum atomic E-state index is 13.0. The Morgan fingerprint density at radius 1 is 1.07 bits per heavy atom. The van der Waals surface area contributed by atoms with E-state index < -0.39 is 35.1 Å². The molecule has 13 heteroatoms. The van der Waals surface area contributed by atoms with Crippen LogP contribution in [0.2, 0.25) is 10.0 Å². The van der Waals surface area contributed by atoms with Gasteiger partial charge in [0.2, 0.25) is 0 Å². The number of rotatable bonds is 4. The van der Waals surface area contributed by atoms with E-state index in [1.807, 2.05) is 0 Å². The SMILES string of the molecule is C[C@@](O)(c1cc(Cl)c(NC(=O)NCc2ccc(C(F)(F)F)cn2)c(Cl)c1)C(F)(F)F. The van der Waals surface area contributed by atoms with Crippen LogP contribution in [-0.2, 0) is 18.3 Å². The molecule has 3 N–H and O–H groups in total. The van der Waals surface area contributed by atoms with Crippen LogP contribution in [-0.4, -0.2) is 22.3 Å². The molecule has 1 atom stereocenters. The number of hydrogen-bond donors (Lipinski definition) is 3. The Morgan fingerprint density at radius 2 is 1.63 bits per heavy atom. The molecular weight excluding hydrogens is 463 g/mol. The molecule has 1 aromatic heterocycles. The molecule has 0 spiro atoms. The van der Waals surface area contributed by atoms with Crippen LogP contribution in [0, 0.1) is 0 Å². The minimum absolute atomic E-state index is 0.118. The highest BCUT2D eigenvalue weighted by Crippen LogP contribution is 2.42. The predicted octanol–water partition coefficient (Wildman–Crippen LogP) is 5.50. The summed E-state index contributed by atoms with van der Waals surface area (Å²) < 4.78 is 76.4. The molecule has 0 aliphatic rings. The number of carbonyl (C=O) groups is 1. The molecular formula is C17H13Cl2F6N3O2. The molecule has 164 valence electrons. The average Bonchev–Trinajstić information content (AvgIpc) is 2.61. The molecule has 2 aromatic rings. The van der Waals surface area contributed by atoms with E-state index in [1.54, 1.807) is 0 Å². The number of hydrogen-bond acceptors (Lipinski definition) is 3. The van der Waals surface area contributed by atoms with E-state index in [4.69, 9.17) is 23.2 Å². The van der Waals surface area contributed by atoms with Gasteiger partial charge in [-0.3, -0.25) is 4.98 Å². The number of carbonyl (C=O) groups excluding carboxylic acids is 1. The number of alkyl halides is 6. The summed E-state index contributed by atoms with van der Waals surface area (Å²) in [6.07, 6.45) is -8.94. The van der Waals surface area contributed by atoms with Crippen molar-refractivity contribution in [2.45, 2.75) is 31.4 Å². The van der Waals surface area contributed by atoms with Gasteiger partial charge in [-0.15, -0.1) is 0 Å². The second-order valence-corrected chi connectivity index (χ2v) is 7.04. The first kappa shape index (κ1) is 24.0. The van der Waals surface area contributed by atoms with Crippen molar-refractivity contribution in [2.24, 2.45) is 0 Å². The van der Waals surface area contributed by atoms with Gasteiger partial charge in [0, 0.05) is 6.20 Å². The third-order valence-corrected chi connectivity index (χ3v) is 4.57. The van der Waals surface area contributed by atoms with Gasteiger partial charge in [0.1, 0.15) is 0 Å². The second-order valence-electron chi connectivity index (χ2n) is 6.23. The predicted molar refractivity (Wildman–Crippen MR) is 97.2 cm³/mol. The summed E-state index contributed by atoms with van der Waals surface area (Å²) in [7, 11) is 0. The highest BCUT2D eigenvalue weighted by atomic mass is 35.5. The lowest BCUT2D eigenvalue weighted by molar-refractivity contribution is -0.258. The summed E-state index contributed by atoms with van der Waals surface area (Å²) in [5.74, 6) is 0. The lowest BCUT2D eigenvalue weighted by Crippen LogP contribution is -2.39. The fourth-order valence-corrected chi connectivity index (χ4v) is 2.74. The minimum Gasteiger partial charge on any atom is -0.376 e. The Kier molecular flexibility index (Phi) is 6.79. The summed E-state index contributed by atoms with van der Waals surface area (Å²) in [6, 6.07) is 2.57. The summed E-state index contributed by atoms with van der Waals surface area (Å²) in [6.45, 7) is 0.270. The molecule has 0 fully saturated rings. The largest absolute Gasteiger partial charge is 0.421 e. The molecule has 0 saturated heterocycles. The van der Waals surface area contributed by atoms with Crippen molar-refractivity contribution in [3.63, 3.8) is 0 Å². The Hall–Kier alpha value is -2.24. The molecule has 0 radical (unpaired) electrons. The highest BCUT2D eigenvalue weighted by Gasteiger charge is 2.51. The number of amides is 2. The van der Waals surface area contributed by atoms with Gasteiger partial charge < -0.3 is 15.7 Å². The van der Waals surface area contributed by atoms with Crippen LogP contribution in [0.4, 0.5) is 36.8 Å². The third kappa shape index (κ3) is 5.46. The molecule has 2 amide bonds. The number of urea groups is 1. The van der Waals surface area contributed by atoms with E-state index in [1.165, 1.54) is 0 Å². The van der Waals surface area contributed by atoms with E-state index >= 15 is 0 Å². The monoisotopic (exact) mass is 475 g/mol. The molecule has 1 aromatic carbocycles. The standard InChI is InChI=1S/C17H13Cl2F6N3O2/c1-15(30,17(23,24)25)9-4-11(18)13(12(19)5-9)28-14(29)27-7-10-3-2-8(6-26-10)16(20,21)22/h2-6,30H,7H2,1H3,(H2,27,28,29)/t15-/m1/s1. The zero-order valence-corrected chi connectivity index (χ0v) is 16.4. The summed E-state index contributed by atoms with van der Waals surface area (Å²) in [5.41, 5.74) is -4.92. The topological polar surface area (TPSA) is 74.2 Å². The fraction of sp³-hybridized carbons (Fsp3) is 0.294. The van der Waals surface area contributed by atoms with Crippen molar-refractivity contribution < 1.29 is 36.2 Å². The molecule has 0 aliphatic heterocycles. The molecule has 0 bridgehead atoms. The smallest absolute Gasteiger partial charge is 0.376 e. The zero-order valence-electron chi connectivity index (χ0n) is 14.9. The van der Waals surface area contributed by atoms with E-state index in [0.717, 1.165) is 24.3 Å². The maximum absolute atomic E-state index is 13.0. The summed E-state index contributed by atoms with van der Waals surface area (Å²) in [5, 5.41) is 13.5. The van der Waals surface area contributed by atoms with E-state index in [-0.39, 0.29) is 28.0 Å². The van der Waals surface area contributed by atoms with E-state index in [0.29, 0.717) is 13.1 Å². The van der Waals surface area contributed by atoms with Gasteiger partial charge in [-0.05, 0) is 36.8 Å². The maximum Gasteiger partial charge on any atom is 0.421 e. The number of nitrogens with zero attached hydrogens (tertiary/aromatic N) is 1. The number of halogens is 8. The number of nitrogens with one attached hydrogen (secondary N) is 2. The lowest BCUT2D eigenvalue weighted by atomic mass is 9.95. The van der Waals surface area contributed by atoms with Crippen molar-refractivity contribution in [3.8, 4) is 0 Å². The number of pyridine rings is 1. The molecule has 1 heterocycles. The molecule has 30 heavy (non-hydrogen) atoms. The first-order chi connectivity index (χ1) is 13.6. The highest BCUT2D eigenvalue weighted by molar-refractivity contribution is 6.39. The van der Waals surface area contributed by atoms with Gasteiger partial charge in [0.05, 0.1) is 33.5 Å². The van der Waals surface area contributed by atoms with Crippen LogP contribution in [0.5, 0.6) is 0 Å². The Morgan fingerprint density at radius 3 is 2.07 bits per heavy atom. The van der Waals surface area contributed by atoms with Gasteiger partial charge in [0.25, 0.3) is 0 Å². The number of anilines is 1. The van der Waals surface area contributed by atoms with Gasteiger partial charge in [-0.25, -0.2) is 4.79 Å². The Balaban J connectivity index is 2.08. The van der Waals surface area contributed by atoms with Crippen LogP contribution in [0.3, 0.4) is 0 Å². The molecule has 0 unspecified atom stereocenters. The van der Waals surface area contributed by atoms with Crippen LogP contribution in [0.1, 0.15) is 23.7 Å². The summed E-state index contributed by atoms with van der Waals surface area (Å²) in [4.78, 5) is 15.6. The first-order valence-electron chi connectivity index (χ1n) is 7.98. The molecule has 0 saturated carbocycles. The fourth-order valence-electron chi connectivity index (χ4n) is 2.16. The molecule has 5 nitrogen and oxygen atoms in total. The van der Waals surface area contributed by atoms with Crippen molar-refractivity contribution in [1.29, 1.82) is 0 Å². The van der Waals surface area contributed by atoms with Gasteiger partial charge >= 0.3 is 18.4 Å². The van der Waals surface area contributed by atoms with Crippen molar-refractivity contribution in [3.05, 3.63) is 57.3 Å². The number of aliphatic hydroxyl groups is 1. The lowest BCUT2D eigenvalue weighted by Gasteiger charge is -2.27. The van der Waals surface area contributed by atoms with Crippen LogP contribution in [0.15, 0.2) is 30.5 Å². The quantitative estimate of drug-likeness (QED) is 0.511. The van der Waals surface area contributed by atoms with Gasteiger partial charge in [-0.1, -0.05) is 23.2 Å². The first-order valence-corrected chi connectivity index (χ1v) is 8.74. The van der Waals surface area contributed by atoms with E-state index in [9.17, 15) is 36.2 Å². The minimum atomic E-state index is -5.00. The normalized spacial score (nSPS) is 14.2. The average molecular weight is 476 g/mol. The van der Waals surface area contributed by atoms with E-state index in [2.05, 4.69) is 15.6 Å².